The highest BCUT2D eigenvalue weighted by Crippen LogP contribution is 2.36. The number of aryl methyl sites for hydroxylation is 1. The molecule has 2 rings (SSSR count). The lowest BCUT2D eigenvalue weighted by Gasteiger charge is -2.35. The summed E-state index contributed by atoms with van der Waals surface area (Å²) in [7, 11) is 0. The van der Waals surface area contributed by atoms with Crippen LogP contribution in [0, 0.1) is 6.92 Å². The standard InChI is InChI=1S/C13H18N2O2/c1-3-12(16)13(4-6-17-7-5-13)11-8-14-10(2)15-9-11/h8-9H,3-7H2,1-2H3. The van der Waals surface area contributed by atoms with Crippen LogP contribution in [0.25, 0.3) is 0 Å². The molecule has 1 saturated heterocycles. The Bertz CT molecular complexity index is 394. The molecule has 4 heteroatoms. The van der Waals surface area contributed by atoms with Gasteiger partial charge in [0.1, 0.15) is 11.6 Å². The molecule has 1 aliphatic heterocycles. The summed E-state index contributed by atoms with van der Waals surface area (Å²) in [5.74, 6) is 1.01. The average Bonchev–Trinajstić information content (AvgIpc) is 2.39. The van der Waals surface area contributed by atoms with Crippen molar-refractivity contribution in [3.05, 3.63) is 23.8 Å². The third kappa shape index (κ3) is 2.22. The van der Waals surface area contributed by atoms with Crippen molar-refractivity contribution >= 4 is 5.78 Å². The Morgan fingerprint density at radius 3 is 2.47 bits per heavy atom. The molecule has 0 atom stereocenters. The molecule has 1 aliphatic rings. The molecule has 4 nitrogen and oxygen atoms in total. The van der Waals surface area contributed by atoms with Gasteiger partial charge in [0.05, 0.1) is 5.41 Å². The normalized spacial score (nSPS) is 18.9. The highest BCUT2D eigenvalue weighted by Gasteiger charge is 2.40. The quantitative estimate of drug-likeness (QED) is 0.800. The molecule has 1 aromatic rings. The van der Waals surface area contributed by atoms with Gasteiger partial charge >= 0.3 is 0 Å². The Balaban J connectivity index is 2.38. The molecular weight excluding hydrogens is 216 g/mol. The lowest BCUT2D eigenvalue weighted by atomic mass is 9.71. The Hall–Kier alpha value is -1.29. The molecule has 0 N–H and O–H groups in total. The summed E-state index contributed by atoms with van der Waals surface area (Å²) in [5, 5.41) is 0. The van der Waals surface area contributed by atoms with Crippen molar-refractivity contribution < 1.29 is 9.53 Å². The van der Waals surface area contributed by atoms with Crippen LogP contribution in [0.2, 0.25) is 0 Å². The molecule has 0 spiro atoms. The molecule has 17 heavy (non-hydrogen) atoms. The summed E-state index contributed by atoms with van der Waals surface area (Å²) < 4.78 is 5.37. The maximum absolute atomic E-state index is 12.3. The first-order chi connectivity index (χ1) is 8.19. The van der Waals surface area contributed by atoms with Gasteiger partial charge in [-0.2, -0.15) is 0 Å². The molecule has 0 bridgehead atoms. The number of ketones is 1. The van der Waals surface area contributed by atoms with E-state index < -0.39 is 5.41 Å². The number of Topliss-reactive ketones (excluding diaryl/α,β-unsaturated/α-hetero) is 1. The van der Waals surface area contributed by atoms with Crippen molar-refractivity contribution in [2.75, 3.05) is 13.2 Å². The van der Waals surface area contributed by atoms with Crippen LogP contribution in [0.1, 0.15) is 37.6 Å². The van der Waals surface area contributed by atoms with Crippen molar-refractivity contribution in [1.82, 2.24) is 9.97 Å². The number of rotatable bonds is 3. The van der Waals surface area contributed by atoms with Gasteiger partial charge in [0.2, 0.25) is 0 Å². The van der Waals surface area contributed by atoms with Crippen LogP contribution in [0.3, 0.4) is 0 Å². The first kappa shape index (κ1) is 12.2. The van der Waals surface area contributed by atoms with Gasteiger partial charge in [-0.05, 0) is 19.8 Å². The van der Waals surface area contributed by atoms with Crippen LogP contribution in [0.15, 0.2) is 12.4 Å². The summed E-state index contributed by atoms with van der Waals surface area (Å²) in [6.45, 7) is 5.04. The average molecular weight is 234 g/mol. The summed E-state index contributed by atoms with van der Waals surface area (Å²) in [6.07, 6.45) is 5.62. The second-order valence-corrected chi connectivity index (χ2v) is 4.49. The van der Waals surface area contributed by atoms with E-state index in [0.717, 1.165) is 24.2 Å². The van der Waals surface area contributed by atoms with Crippen molar-refractivity contribution in [3.8, 4) is 0 Å². The topological polar surface area (TPSA) is 52.1 Å². The Morgan fingerprint density at radius 2 is 1.94 bits per heavy atom. The zero-order valence-electron chi connectivity index (χ0n) is 10.4. The van der Waals surface area contributed by atoms with E-state index in [9.17, 15) is 4.79 Å². The van der Waals surface area contributed by atoms with E-state index in [-0.39, 0.29) is 5.78 Å². The minimum Gasteiger partial charge on any atom is -0.381 e. The van der Waals surface area contributed by atoms with Gasteiger partial charge in [0.25, 0.3) is 0 Å². The van der Waals surface area contributed by atoms with E-state index in [2.05, 4.69) is 9.97 Å². The molecular formula is C13H18N2O2. The van der Waals surface area contributed by atoms with Crippen LogP contribution in [0.4, 0.5) is 0 Å². The molecule has 0 aromatic carbocycles. The van der Waals surface area contributed by atoms with E-state index >= 15 is 0 Å². The van der Waals surface area contributed by atoms with E-state index in [1.807, 2.05) is 13.8 Å². The number of aromatic nitrogens is 2. The predicted octanol–water partition coefficient (Wildman–Crippen LogP) is 1.81. The summed E-state index contributed by atoms with van der Waals surface area (Å²) in [4.78, 5) is 20.7. The number of carbonyl (C=O) groups excluding carboxylic acids is 1. The Labute approximate surface area is 101 Å². The summed E-state index contributed by atoms with van der Waals surface area (Å²) in [5.41, 5.74) is 0.527. The first-order valence-corrected chi connectivity index (χ1v) is 6.09. The second kappa shape index (κ2) is 4.92. The second-order valence-electron chi connectivity index (χ2n) is 4.49. The Morgan fingerprint density at radius 1 is 1.35 bits per heavy atom. The van der Waals surface area contributed by atoms with Crippen LogP contribution >= 0.6 is 0 Å². The number of hydrogen-bond acceptors (Lipinski definition) is 4. The van der Waals surface area contributed by atoms with Crippen LogP contribution in [0.5, 0.6) is 0 Å². The molecule has 0 unspecified atom stereocenters. The van der Waals surface area contributed by atoms with Gasteiger partial charge in [0.15, 0.2) is 0 Å². The highest BCUT2D eigenvalue weighted by atomic mass is 16.5. The van der Waals surface area contributed by atoms with Crippen molar-refractivity contribution in [1.29, 1.82) is 0 Å². The highest BCUT2D eigenvalue weighted by molar-refractivity contribution is 5.89. The molecule has 92 valence electrons. The zero-order valence-corrected chi connectivity index (χ0v) is 10.4. The molecule has 0 aliphatic carbocycles. The molecule has 0 saturated carbocycles. The van der Waals surface area contributed by atoms with E-state index in [0.29, 0.717) is 19.6 Å². The number of ether oxygens (including phenoxy) is 1. The molecule has 0 amide bonds. The molecule has 2 heterocycles. The van der Waals surface area contributed by atoms with Crippen LogP contribution in [-0.4, -0.2) is 29.0 Å². The van der Waals surface area contributed by atoms with E-state index in [1.54, 1.807) is 12.4 Å². The van der Waals surface area contributed by atoms with Gasteiger partial charge in [-0.3, -0.25) is 4.79 Å². The van der Waals surface area contributed by atoms with Crippen LogP contribution in [-0.2, 0) is 14.9 Å². The van der Waals surface area contributed by atoms with Crippen molar-refractivity contribution in [2.24, 2.45) is 0 Å². The molecule has 1 aromatic heterocycles. The monoisotopic (exact) mass is 234 g/mol. The lowest BCUT2D eigenvalue weighted by Crippen LogP contribution is -2.41. The van der Waals surface area contributed by atoms with Gasteiger partial charge in [-0.15, -0.1) is 0 Å². The lowest BCUT2D eigenvalue weighted by molar-refractivity contribution is -0.128. The maximum atomic E-state index is 12.3. The number of nitrogens with zero attached hydrogens (tertiary/aromatic N) is 2. The zero-order chi connectivity index (χ0) is 12.3. The number of carbonyl (C=O) groups is 1. The van der Waals surface area contributed by atoms with Gasteiger partial charge in [-0.1, -0.05) is 6.92 Å². The van der Waals surface area contributed by atoms with E-state index in [4.69, 9.17) is 4.74 Å². The van der Waals surface area contributed by atoms with Gasteiger partial charge in [-0.25, -0.2) is 9.97 Å². The number of hydrogen-bond donors (Lipinski definition) is 0. The first-order valence-electron chi connectivity index (χ1n) is 6.09. The summed E-state index contributed by atoms with van der Waals surface area (Å²) >= 11 is 0. The summed E-state index contributed by atoms with van der Waals surface area (Å²) in [6, 6.07) is 0. The van der Waals surface area contributed by atoms with Crippen molar-refractivity contribution in [2.45, 2.75) is 38.5 Å². The minimum atomic E-state index is -0.416. The SMILES string of the molecule is CCC(=O)C1(c2cnc(C)nc2)CCOCC1. The fraction of sp³-hybridized carbons (Fsp3) is 0.615. The van der Waals surface area contributed by atoms with E-state index in [1.165, 1.54) is 0 Å². The minimum absolute atomic E-state index is 0.272. The third-order valence-electron chi connectivity index (χ3n) is 3.53. The predicted molar refractivity (Wildman–Crippen MR) is 63.8 cm³/mol. The Kier molecular flexibility index (Phi) is 3.52. The molecule has 0 radical (unpaired) electrons. The smallest absolute Gasteiger partial charge is 0.143 e. The fourth-order valence-electron chi connectivity index (χ4n) is 2.43. The molecule has 1 fully saturated rings. The van der Waals surface area contributed by atoms with Crippen molar-refractivity contribution in [3.63, 3.8) is 0 Å². The fourth-order valence-corrected chi connectivity index (χ4v) is 2.43. The maximum Gasteiger partial charge on any atom is 0.143 e. The van der Waals surface area contributed by atoms with Crippen LogP contribution < -0.4 is 0 Å². The third-order valence-corrected chi connectivity index (χ3v) is 3.53. The largest absolute Gasteiger partial charge is 0.381 e. The van der Waals surface area contributed by atoms with Gasteiger partial charge < -0.3 is 4.74 Å². The van der Waals surface area contributed by atoms with Gasteiger partial charge in [0, 0.05) is 37.6 Å².